The van der Waals surface area contributed by atoms with Crippen molar-refractivity contribution in [3.63, 3.8) is 0 Å². The molecule has 0 spiro atoms. The molecular weight excluding hydrogens is 501 g/mol. The first-order valence-electron chi connectivity index (χ1n) is 12.0. The minimum Gasteiger partial charge on any atom is -0.488 e. The summed E-state index contributed by atoms with van der Waals surface area (Å²) in [4.78, 5) is 31.6. The van der Waals surface area contributed by atoms with Gasteiger partial charge < -0.3 is 10.1 Å². The highest BCUT2D eigenvalue weighted by Crippen LogP contribution is 2.63. The van der Waals surface area contributed by atoms with Crippen LogP contribution in [0.3, 0.4) is 0 Å². The number of fused-ring (bicyclic) bond motifs is 2. The van der Waals surface area contributed by atoms with E-state index in [9.17, 15) is 9.59 Å². The molecule has 2 aliphatic heterocycles. The molecule has 0 bridgehead atoms. The monoisotopic (exact) mass is 529 g/mol. The van der Waals surface area contributed by atoms with Gasteiger partial charge >= 0.3 is 0 Å². The first-order chi connectivity index (χ1) is 16.6. The molecule has 1 saturated carbocycles. The van der Waals surface area contributed by atoms with E-state index in [0.717, 1.165) is 40.9 Å². The number of piperidine rings is 1. The number of hydrogen-bond acceptors (Lipinski definition) is 6. The third-order valence-corrected chi connectivity index (χ3v) is 8.00. The van der Waals surface area contributed by atoms with Crippen LogP contribution in [0.4, 0.5) is 0 Å². The molecule has 3 aliphatic rings. The van der Waals surface area contributed by atoms with Crippen LogP contribution < -0.4 is 10.1 Å². The standard InChI is InChI=1S/C26H28ClN5O3.ClH/c1-13-5-16(27)8-18(23(13)35-17-6-14(2)28-9-17)22-19-7-15(11-32(19)30-12-29-22)10-31-24(33)20-21(25(31)34)26(20,3)4;/h5,7-8,11-12,14,17,20-21,28H,6,9-10H2,1-4H3;1H/t14-,17-,20?,21?;/m0./s1. The molecule has 4 heterocycles. The Kier molecular flexibility index (Phi) is 6.05. The summed E-state index contributed by atoms with van der Waals surface area (Å²) in [5, 5.41) is 8.39. The quantitative estimate of drug-likeness (QED) is 0.501. The predicted octanol–water partition coefficient (Wildman–Crippen LogP) is 4.05. The summed E-state index contributed by atoms with van der Waals surface area (Å²) in [6, 6.07) is 6.10. The summed E-state index contributed by atoms with van der Waals surface area (Å²) >= 11 is 6.45. The number of carbonyl (C=O) groups is 2. The molecule has 0 radical (unpaired) electrons. The van der Waals surface area contributed by atoms with E-state index in [1.165, 1.54) is 11.2 Å². The second-order valence-corrected chi connectivity index (χ2v) is 11.1. The zero-order valence-corrected chi connectivity index (χ0v) is 22.2. The van der Waals surface area contributed by atoms with E-state index in [2.05, 4.69) is 22.3 Å². The lowest BCUT2D eigenvalue weighted by molar-refractivity contribution is -0.143. The maximum Gasteiger partial charge on any atom is 0.233 e. The lowest BCUT2D eigenvalue weighted by atomic mass is 10.0. The highest BCUT2D eigenvalue weighted by Gasteiger charge is 2.72. The minimum atomic E-state index is -0.220. The molecule has 2 aromatic heterocycles. The molecule has 2 amide bonds. The van der Waals surface area contributed by atoms with Gasteiger partial charge in [-0.3, -0.25) is 14.5 Å². The number of hydrogen-bond donors (Lipinski definition) is 1. The molecule has 1 aromatic carbocycles. The van der Waals surface area contributed by atoms with Gasteiger partial charge in [0.05, 0.1) is 23.9 Å². The fourth-order valence-electron chi connectivity index (χ4n) is 5.83. The third kappa shape index (κ3) is 3.86. The van der Waals surface area contributed by atoms with Crippen molar-refractivity contribution in [2.24, 2.45) is 17.3 Å². The molecule has 2 saturated heterocycles. The number of benzene rings is 1. The van der Waals surface area contributed by atoms with Gasteiger partial charge in [0.1, 0.15) is 23.9 Å². The molecule has 1 aliphatic carbocycles. The fraction of sp³-hybridized carbons (Fsp3) is 0.462. The van der Waals surface area contributed by atoms with E-state index in [-0.39, 0.29) is 54.1 Å². The molecular formula is C26H29Cl2N5O3. The van der Waals surface area contributed by atoms with E-state index >= 15 is 0 Å². The number of carbonyl (C=O) groups excluding carboxylic acids is 2. The second kappa shape index (κ2) is 8.71. The molecule has 6 rings (SSSR count). The summed E-state index contributed by atoms with van der Waals surface area (Å²) in [5.74, 6) is 0.221. The molecule has 36 heavy (non-hydrogen) atoms. The van der Waals surface area contributed by atoms with E-state index < -0.39 is 0 Å². The van der Waals surface area contributed by atoms with Crippen LogP contribution in [0.1, 0.15) is 38.3 Å². The Morgan fingerprint density at radius 3 is 2.58 bits per heavy atom. The van der Waals surface area contributed by atoms with Crippen molar-refractivity contribution in [3.05, 3.63) is 46.9 Å². The molecule has 3 aromatic rings. The van der Waals surface area contributed by atoms with E-state index in [1.807, 2.05) is 45.2 Å². The summed E-state index contributed by atoms with van der Waals surface area (Å²) in [6.07, 6.45) is 4.32. The van der Waals surface area contributed by atoms with Gasteiger partial charge in [0.2, 0.25) is 11.8 Å². The molecule has 4 atom stereocenters. The highest BCUT2D eigenvalue weighted by molar-refractivity contribution is 6.31. The average Bonchev–Trinajstić information content (AvgIpc) is 3.16. The van der Waals surface area contributed by atoms with Gasteiger partial charge in [-0.25, -0.2) is 9.50 Å². The van der Waals surface area contributed by atoms with E-state index in [1.54, 1.807) is 4.52 Å². The molecule has 2 unspecified atom stereocenters. The topological polar surface area (TPSA) is 88.8 Å². The van der Waals surface area contributed by atoms with Crippen molar-refractivity contribution in [2.75, 3.05) is 6.54 Å². The van der Waals surface area contributed by atoms with Crippen molar-refractivity contribution in [3.8, 4) is 17.0 Å². The first-order valence-corrected chi connectivity index (χ1v) is 12.4. The number of aryl methyl sites for hydroxylation is 1. The second-order valence-electron chi connectivity index (χ2n) is 10.7. The smallest absolute Gasteiger partial charge is 0.233 e. The highest BCUT2D eigenvalue weighted by atomic mass is 35.5. The number of nitrogens with zero attached hydrogens (tertiary/aromatic N) is 4. The number of likely N-dealkylation sites (tertiary alicyclic amines) is 1. The maximum absolute atomic E-state index is 12.8. The Hall–Kier alpha value is -2.68. The van der Waals surface area contributed by atoms with Crippen LogP contribution in [0, 0.1) is 24.2 Å². The zero-order valence-electron chi connectivity index (χ0n) is 20.6. The molecule has 3 fully saturated rings. The lowest BCUT2D eigenvalue weighted by Gasteiger charge is -2.19. The molecule has 8 nitrogen and oxygen atoms in total. The third-order valence-electron chi connectivity index (χ3n) is 7.78. The number of nitrogens with one attached hydrogen (secondary N) is 1. The van der Waals surface area contributed by atoms with Crippen molar-refractivity contribution in [1.29, 1.82) is 0 Å². The van der Waals surface area contributed by atoms with Gasteiger partial charge in [0, 0.05) is 35.8 Å². The molecule has 10 heteroatoms. The Balaban J connectivity index is 0.00000267. The van der Waals surface area contributed by atoms with Crippen LogP contribution in [-0.2, 0) is 16.1 Å². The summed E-state index contributed by atoms with van der Waals surface area (Å²) in [5.41, 5.74) is 3.78. The van der Waals surface area contributed by atoms with Crippen molar-refractivity contribution in [2.45, 2.75) is 52.8 Å². The largest absolute Gasteiger partial charge is 0.488 e. The van der Waals surface area contributed by atoms with Crippen molar-refractivity contribution < 1.29 is 14.3 Å². The first kappa shape index (κ1) is 25.0. The van der Waals surface area contributed by atoms with Gasteiger partial charge in [-0.2, -0.15) is 5.10 Å². The van der Waals surface area contributed by atoms with Crippen molar-refractivity contribution >= 4 is 41.3 Å². The average molecular weight is 530 g/mol. The van der Waals surface area contributed by atoms with Crippen LogP contribution in [0.15, 0.2) is 30.7 Å². The number of ether oxygens (including phenoxy) is 1. The number of aromatic nitrogens is 3. The minimum absolute atomic E-state index is 0. The van der Waals surface area contributed by atoms with Gasteiger partial charge in [-0.1, -0.05) is 25.4 Å². The predicted molar refractivity (Wildman–Crippen MR) is 138 cm³/mol. The van der Waals surface area contributed by atoms with Gasteiger partial charge in [-0.05, 0) is 48.6 Å². The Labute approximate surface area is 220 Å². The van der Waals surface area contributed by atoms with E-state index in [0.29, 0.717) is 16.8 Å². The van der Waals surface area contributed by atoms with Crippen LogP contribution in [0.2, 0.25) is 5.02 Å². The number of imide groups is 1. The summed E-state index contributed by atoms with van der Waals surface area (Å²) < 4.78 is 8.19. The van der Waals surface area contributed by atoms with Gasteiger partial charge in [0.15, 0.2) is 0 Å². The SMILES string of the molecule is Cc1cc(Cl)cc(-c2ncnn3cc(CN4C(=O)C5C(C4=O)C5(C)C)cc23)c1O[C@@H]1CN[C@@H](C)C1.Cl. The normalized spacial score (nSPS) is 26.3. The summed E-state index contributed by atoms with van der Waals surface area (Å²) in [7, 11) is 0. The van der Waals surface area contributed by atoms with Crippen LogP contribution in [0.25, 0.3) is 16.8 Å². The fourth-order valence-corrected chi connectivity index (χ4v) is 6.10. The maximum atomic E-state index is 12.8. The number of amides is 2. The summed E-state index contributed by atoms with van der Waals surface area (Å²) in [6.45, 7) is 9.12. The lowest BCUT2D eigenvalue weighted by Crippen LogP contribution is -2.35. The Bertz CT molecular complexity index is 1360. The van der Waals surface area contributed by atoms with Gasteiger partial charge in [-0.15, -0.1) is 12.4 Å². The zero-order chi connectivity index (χ0) is 24.6. The van der Waals surface area contributed by atoms with Crippen LogP contribution in [-0.4, -0.2) is 50.0 Å². The van der Waals surface area contributed by atoms with Crippen molar-refractivity contribution in [1.82, 2.24) is 24.8 Å². The van der Waals surface area contributed by atoms with Crippen LogP contribution >= 0.6 is 24.0 Å². The Morgan fingerprint density at radius 1 is 1.19 bits per heavy atom. The Morgan fingerprint density at radius 2 is 1.92 bits per heavy atom. The number of halogens is 2. The molecule has 1 N–H and O–H groups in total. The van der Waals surface area contributed by atoms with Gasteiger partial charge in [0.25, 0.3) is 0 Å². The van der Waals surface area contributed by atoms with Crippen LogP contribution in [0.5, 0.6) is 5.75 Å². The molecule has 190 valence electrons. The van der Waals surface area contributed by atoms with E-state index in [4.69, 9.17) is 16.3 Å². The number of rotatable bonds is 5.